The predicted octanol–water partition coefficient (Wildman–Crippen LogP) is 24.9. The predicted molar refractivity (Wildman–Crippen MR) is 308 cm³/mol. The topological polar surface area (TPSA) is 0 Å². The van der Waals surface area contributed by atoms with Crippen LogP contribution in [0.5, 0.6) is 0 Å². The van der Waals surface area contributed by atoms with Crippen molar-refractivity contribution >= 4 is 0 Å². The first kappa shape index (κ1) is 68.1. The van der Waals surface area contributed by atoms with Crippen molar-refractivity contribution in [2.45, 2.75) is 373 Å². The molecular formula is C66H136. The summed E-state index contributed by atoms with van der Waals surface area (Å²) in [4.78, 5) is 0. The Kier molecular flexibility index (Phi) is 54.5. The van der Waals surface area contributed by atoms with Crippen molar-refractivity contribution in [2.75, 3.05) is 0 Å². The first-order chi connectivity index (χ1) is 31.9. The Morgan fingerprint density at radius 1 is 0.197 bits per heavy atom. The van der Waals surface area contributed by atoms with Crippen LogP contribution in [-0.4, -0.2) is 0 Å². The third-order valence-corrected chi connectivity index (χ3v) is 16.7. The molecule has 7 atom stereocenters. The third-order valence-electron chi connectivity index (χ3n) is 16.7. The monoisotopic (exact) mass is 929 g/mol. The van der Waals surface area contributed by atoms with Gasteiger partial charge in [-0.15, -0.1) is 0 Å². The molecule has 0 heteroatoms. The third kappa shape index (κ3) is 51.8. The van der Waals surface area contributed by atoms with Crippen molar-refractivity contribution in [1.29, 1.82) is 0 Å². The molecule has 0 aliphatic heterocycles. The van der Waals surface area contributed by atoms with Gasteiger partial charge in [0.25, 0.3) is 0 Å². The van der Waals surface area contributed by atoms with Gasteiger partial charge in [-0.3, -0.25) is 0 Å². The molecular weight excluding hydrogens is 793 g/mol. The van der Waals surface area contributed by atoms with Gasteiger partial charge < -0.3 is 0 Å². The van der Waals surface area contributed by atoms with E-state index in [1.54, 1.807) is 0 Å². The molecule has 0 fully saturated rings. The maximum atomic E-state index is 2.57. The lowest BCUT2D eigenvalue weighted by Gasteiger charge is -2.30. The van der Waals surface area contributed by atoms with Crippen molar-refractivity contribution in [2.24, 2.45) is 53.3 Å². The smallest absolute Gasteiger partial charge is 0.0363 e. The molecule has 0 saturated carbocycles. The van der Waals surface area contributed by atoms with Crippen LogP contribution in [0.4, 0.5) is 0 Å². The second-order valence-corrected chi connectivity index (χ2v) is 25.0. The average molecular weight is 930 g/mol. The molecule has 0 aliphatic rings. The van der Waals surface area contributed by atoms with Gasteiger partial charge in [0.15, 0.2) is 0 Å². The number of rotatable bonds is 51. The van der Waals surface area contributed by atoms with E-state index in [4.69, 9.17) is 0 Å². The zero-order chi connectivity index (χ0) is 49.3. The minimum atomic E-state index is 0.871. The fraction of sp³-hybridized carbons (Fsp3) is 1.00. The minimum absolute atomic E-state index is 0.871. The molecule has 0 N–H and O–H groups in total. The van der Waals surface area contributed by atoms with Crippen molar-refractivity contribution in [1.82, 2.24) is 0 Å². The molecule has 0 radical (unpaired) electrons. The average Bonchev–Trinajstić information content (AvgIpc) is 3.28. The van der Waals surface area contributed by atoms with E-state index in [-0.39, 0.29) is 0 Å². The summed E-state index contributed by atoms with van der Waals surface area (Å²) in [6, 6.07) is 0. The Labute approximate surface area is 423 Å². The summed E-state index contributed by atoms with van der Waals surface area (Å²) in [6.45, 7) is 31.5. The normalized spacial score (nSPS) is 15.1. The molecule has 0 aliphatic carbocycles. The summed E-state index contributed by atoms with van der Waals surface area (Å²) >= 11 is 0. The van der Waals surface area contributed by atoms with E-state index in [0.29, 0.717) is 0 Å². The summed E-state index contributed by atoms with van der Waals surface area (Å²) in [5.74, 6) is 8.25. The first-order valence-corrected chi connectivity index (χ1v) is 31.9. The van der Waals surface area contributed by atoms with Crippen LogP contribution in [0, 0.1) is 53.3 Å². The Bertz CT molecular complexity index is 869. The van der Waals surface area contributed by atoms with E-state index in [2.05, 4.69) is 90.0 Å². The lowest BCUT2D eigenvalue weighted by molar-refractivity contribution is 0.203. The van der Waals surface area contributed by atoms with Crippen LogP contribution in [0.15, 0.2) is 0 Å². The van der Waals surface area contributed by atoms with Gasteiger partial charge in [-0.25, -0.2) is 0 Å². The van der Waals surface area contributed by atoms with Gasteiger partial charge in [0.2, 0.25) is 0 Å². The highest BCUT2D eigenvalue weighted by Gasteiger charge is 2.23. The molecule has 66 heavy (non-hydrogen) atoms. The van der Waals surface area contributed by atoms with Crippen LogP contribution in [0.3, 0.4) is 0 Å². The SMILES string of the molecule is CCCCCCCCCCCCCCCCC(C)C(CCC(C)CCCC(C)C)C(C)CC.CCCCCCCCCCCCCCCCC(C)CCC(C)CCCC(C)CCCC(C)C. The van der Waals surface area contributed by atoms with Crippen LogP contribution in [-0.2, 0) is 0 Å². The summed E-state index contributed by atoms with van der Waals surface area (Å²) in [5, 5.41) is 0. The van der Waals surface area contributed by atoms with Gasteiger partial charge in [0.1, 0.15) is 0 Å². The van der Waals surface area contributed by atoms with Gasteiger partial charge in [0.05, 0.1) is 0 Å². The summed E-state index contributed by atoms with van der Waals surface area (Å²) in [7, 11) is 0. The van der Waals surface area contributed by atoms with Gasteiger partial charge in [-0.2, -0.15) is 0 Å². The first-order valence-electron chi connectivity index (χ1n) is 31.9. The van der Waals surface area contributed by atoms with Crippen molar-refractivity contribution < 1.29 is 0 Å². The van der Waals surface area contributed by atoms with Crippen LogP contribution < -0.4 is 0 Å². The minimum Gasteiger partial charge on any atom is -0.0654 e. The number of hydrogen-bond donors (Lipinski definition) is 0. The van der Waals surface area contributed by atoms with E-state index < -0.39 is 0 Å². The zero-order valence-electron chi connectivity index (χ0n) is 49.3. The molecule has 0 aromatic rings. The van der Waals surface area contributed by atoms with Crippen LogP contribution in [0.2, 0.25) is 0 Å². The standard InChI is InChI=1S/2C33H68/c1-8-10-11-12-13-14-15-16-17-18-19-20-21-22-26-32(7)33(31(6)9-2)28-27-30(5)25-23-24-29(3)4;1-7-8-9-10-11-12-13-14-15-16-17-18-19-20-24-32(5)28-29-33(6)27-22-26-31(4)25-21-23-30(2)3/h29-33H,8-28H2,1-7H3;30-33H,7-29H2,1-6H3. The van der Waals surface area contributed by atoms with Crippen molar-refractivity contribution in [3.05, 3.63) is 0 Å². The Balaban J connectivity index is 0. The van der Waals surface area contributed by atoms with Gasteiger partial charge in [-0.05, 0) is 59.7 Å². The molecule has 0 aromatic carbocycles. The fourth-order valence-electron chi connectivity index (χ4n) is 11.2. The highest BCUT2D eigenvalue weighted by atomic mass is 14.3. The summed E-state index contributed by atoms with van der Waals surface area (Å²) < 4.78 is 0. The number of hydrogen-bond acceptors (Lipinski definition) is 0. The largest absolute Gasteiger partial charge is 0.0654 e. The van der Waals surface area contributed by atoms with Crippen molar-refractivity contribution in [3.63, 3.8) is 0 Å². The van der Waals surface area contributed by atoms with Crippen molar-refractivity contribution in [3.8, 4) is 0 Å². The molecule has 7 unspecified atom stereocenters. The van der Waals surface area contributed by atoms with E-state index in [9.17, 15) is 0 Å². The molecule has 0 saturated heterocycles. The lowest BCUT2D eigenvalue weighted by Crippen LogP contribution is -2.20. The molecule has 0 rings (SSSR count). The van der Waals surface area contributed by atoms with Gasteiger partial charge in [-0.1, -0.05) is 366 Å². The second kappa shape index (κ2) is 52.8. The second-order valence-electron chi connectivity index (χ2n) is 25.0. The Morgan fingerprint density at radius 3 is 0.742 bits per heavy atom. The van der Waals surface area contributed by atoms with Crippen LogP contribution >= 0.6 is 0 Å². The Hall–Kier alpha value is 0. The summed E-state index contributed by atoms with van der Waals surface area (Å²) in [5.41, 5.74) is 0. The molecule has 400 valence electrons. The van der Waals surface area contributed by atoms with Crippen LogP contribution in [0.25, 0.3) is 0 Å². The van der Waals surface area contributed by atoms with E-state index in [1.807, 2.05) is 0 Å². The Morgan fingerprint density at radius 2 is 0.439 bits per heavy atom. The number of unbranched alkanes of at least 4 members (excludes halogenated alkanes) is 26. The van der Waals surface area contributed by atoms with Gasteiger partial charge >= 0.3 is 0 Å². The molecule has 0 spiro atoms. The molecule has 0 amide bonds. The molecule has 0 bridgehead atoms. The molecule has 0 aromatic heterocycles. The van der Waals surface area contributed by atoms with E-state index in [1.165, 1.54) is 283 Å². The van der Waals surface area contributed by atoms with E-state index >= 15 is 0 Å². The van der Waals surface area contributed by atoms with E-state index in [0.717, 1.165) is 53.3 Å². The van der Waals surface area contributed by atoms with Crippen LogP contribution in [0.1, 0.15) is 373 Å². The fourth-order valence-corrected chi connectivity index (χ4v) is 11.2. The maximum absolute atomic E-state index is 2.57. The molecule has 0 heterocycles. The summed E-state index contributed by atoms with van der Waals surface area (Å²) in [6.07, 6.45) is 64.2. The quantitative estimate of drug-likeness (QED) is 0.0533. The molecule has 0 nitrogen and oxygen atoms in total. The zero-order valence-corrected chi connectivity index (χ0v) is 49.3. The lowest BCUT2D eigenvalue weighted by atomic mass is 9.75. The maximum Gasteiger partial charge on any atom is -0.0363 e. The highest BCUT2D eigenvalue weighted by molar-refractivity contribution is 4.74. The highest BCUT2D eigenvalue weighted by Crippen LogP contribution is 2.34. The van der Waals surface area contributed by atoms with Gasteiger partial charge in [0, 0.05) is 0 Å².